The predicted octanol–water partition coefficient (Wildman–Crippen LogP) is 1.89. The molecule has 4 rings (SSSR count). The number of nitrogens with zero attached hydrogens (tertiary/aromatic N) is 2. The second kappa shape index (κ2) is 4.35. The molecule has 7 heteroatoms. The van der Waals surface area contributed by atoms with Gasteiger partial charge in [0.1, 0.15) is 9.53 Å². The molecule has 0 aliphatic rings. The van der Waals surface area contributed by atoms with Gasteiger partial charge in [-0.3, -0.25) is 14.8 Å². The summed E-state index contributed by atoms with van der Waals surface area (Å²) in [5.74, 6) is 0. The van der Waals surface area contributed by atoms with Gasteiger partial charge in [-0.2, -0.15) is 0 Å². The van der Waals surface area contributed by atoms with Crippen LogP contribution in [0.1, 0.15) is 0 Å². The van der Waals surface area contributed by atoms with Crippen LogP contribution < -0.4 is 11.2 Å². The smallest absolute Gasteiger partial charge is 0.305 e. The Morgan fingerprint density at radius 2 is 1.90 bits per heavy atom. The molecule has 0 spiro atoms. The summed E-state index contributed by atoms with van der Waals surface area (Å²) in [7, 11) is 0. The quantitative estimate of drug-likeness (QED) is 0.561. The number of pyridine rings is 2. The Morgan fingerprint density at radius 3 is 2.71 bits per heavy atom. The summed E-state index contributed by atoms with van der Waals surface area (Å²) in [5.41, 5.74) is 1.12. The number of hydrogen-bond acceptors (Lipinski definition) is 5. The highest BCUT2D eigenvalue weighted by Crippen LogP contribution is 2.30. The molecule has 0 aromatic carbocycles. The van der Waals surface area contributed by atoms with Crippen LogP contribution in [0, 0.1) is 0 Å². The van der Waals surface area contributed by atoms with Crippen LogP contribution in [0.15, 0.2) is 46.1 Å². The van der Waals surface area contributed by atoms with Gasteiger partial charge < -0.3 is 4.98 Å². The van der Waals surface area contributed by atoms with Crippen LogP contribution in [0.5, 0.6) is 0 Å². The summed E-state index contributed by atoms with van der Waals surface area (Å²) in [6.45, 7) is 0. The third kappa shape index (κ3) is 1.86. The minimum Gasteiger partial charge on any atom is -0.305 e. The molecular weight excluding hydrogens is 288 g/mol. The van der Waals surface area contributed by atoms with E-state index < -0.39 is 11.2 Å². The summed E-state index contributed by atoms with van der Waals surface area (Å²) in [6.07, 6.45) is 1.70. The number of nitrogens with one attached hydrogen (secondary N) is 2. The Morgan fingerprint density at radius 1 is 1.00 bits per heavy atom. The van der Waals surface area contributed by atoms with Crippen LogP contribution in [0.3, 0.4) is 0 Å². The minimum atomic E-state index is -0.513. The molecule has 0 saturated carbocycles. The number of rotatable bonds is 1. The third-order valence-corrected chi connectivity index (χ3v) is 4.25. The highest BCUT2D eigenvalue weighted by Gasteiger charge is 2.12. The summed E-state index contributed by atoms with van der Waals surface area (Å²) in [6, 6.07) is 9.28. The maximum atomic E-state index is 11.8. The lowest BCUT2D eigenvalue weighted by Crippen LogP contribution is -2.20. The normalized spacial score (nSPS) is 11.2. The number of aromatic nitrogens is 4. The van der Waals surface area contributed by atoms with Crippen LogP contribution in [0.4, 0.5) is 0 Å². The molecule has 0 radical (unpaired) electrons. The first-order valence-electron chi connectivity index (χ1n) is 6.19. The average Bonchev–Trinajstić information content (AvgIpc) is 2.86. The van der Waals surface area contributed by atoms with Gasteiger partial charge in [0.2, 0.25) is 0 Å². The molecule has 0 bridgehead atoms. The molecule has 21 heavy (non-hydrogen) atoms. The summed E-state index contributed by atoms with van der Waals surface area (Å²) in [4.78, 5) is 37.6. The zero-order valence-corrected chi connectivity index (χ0v) is 11.4. The van der Waals surface area contributed by atoms with E-state index in [-0.39, 0.29) is 0 Å². The lowest BCUT2D eigenvalue weighted by atomic mass is 10.2. The van der Waals surface area contributed by atoms with E-state index in [9.17, 15) is 9.59 Å². The van der Waals surface area contributed by atoms with Crippen LogP contribution in [-0.2, 0) is 0 Å². The predicted molar refractivity (Wildman–Crippen MR) is 81.6 cm³/mol. The molecule has 2 N–H and O–H groups in total. The van der Waals surface area contributed by atoms with Gasteiger partial charge in [-0.1, -0.05) is 6.07 Å². The Bertz CT molecular complexity index is 1080. The molecule has 4 aromatic heterocycles. The number of aromatic amines is 2. The lowest BCUT2D eigenvalue weighted by Gasteiger charge is -1.99. The SMILES string of the molecule is O=c1[nH]c(=O)c2sc3nc(-c4ccccn4)ccc3c2[nH]1. The highest BCUT2D eigenvalue weighted by atomic mass is 32.1. The Hall–Kier alpha value is -2.80. The lowest BCUT2D eigenvalue weighted by molar-refractivity contribution is 1.09. The fourth-order valence-corrected chi connectivity index (χ4v) is 3.25. The van der Waals surface area contributed by atoms with Gasteiger partial charge in [0, 0.05) is 11.6 Å². The summed E-state index contributed by atoms with van der Waals surface area (Å²) >= 11 is 1.25. The zero-order chi connectivity index (χ0) is 14.4. The Kier molecular flexibility index (Phi) is 2.48. The van der Waals surface area contributed by atoms with Gasteiger partial charge in [0.25, 0.3) is 5.56 Å². The van der Waals surface area contributed by atoms with Gasteiger partial charge in [0.05, 0.1) is 16.9 Å². The zero-order valence-electron chi connectivity index (χ0n) is 10.6. The minimum absolute atomic E-state index is 0.392. The summed E-state index contributed by atoms with van der Waals surface area (Å²) < 4.78 is 0.468. The van der Waals surface area contributed by atoms with Gasteiger partial charge in [-0.05, 0) is 24.3 Å². The van der Waals surface area contributed by atoms with Crippen LogP contribution >= 0.6 is 11.3 Å². The molecule has 6 nitrogen and oxygen atoms in total. The van der Waals surface area contributed by atoms with Crippen molar-refractivity contribution in [2.45, 2.75) is 0 Å². The largest absolute Gasteiger partial charge is 0.326 e. The fourth-order valence-electron chi connectivity index (χ4n) is 2.22. The van der Waals surface area contributed by atoms with Crippen LogP contribution in [0.2, 0.25) is 0 Å². The molecule has 0 amide bonds. The topological polar surface area (TPSA) is 91.5 Å². The Labute approximate surface area is 121 Å². The van der Waals surface area contributed by atoms with Gasteiger partial charge in [-0.25, -0.2) is 9.78 Å². The number of thiophene rings is 1. The van der Waals surface area contributed by atoms with Gasteiger partial charge in [-0.15, -0.1) is 11.3 Å². The van der Waals surface area contributed by atoms with E-state index in [2.05, 4.69) is 19.9 Å². The first-order valence-corrected chi connectivity index (χ1v) is 7.01. The van der Waals surface area contributed by atoms with E-state index in [1.807, 2.05) is 30.3 Å². The van der Waals surface area contributed by atoms with Crippen molar-refractivity contribution in [1.29, 1.82) is 0 Å². The van der Waals surface area contributed by atoms with E-state index >= 15 is 0 Å². The van der Waals surface area contributed by atoms with Gasteiger partial charge in [0.15, 0.2) is 0 Å². The number of H-pyrrole nitrogens is 2. The maximum absolute atomic E-state index is 11.8. The first kappa shape index (κ1) is 12.0. The standard InChI is InChI=1S/C14H8N4O2S/c19-12-11-10(17-14(20)18-12)7-4-5-9(16-13(7)21-11)8-3-1-2-6-15-8/h1-6H,(H2,17,18,19,20). The number of hydrogen-bond donors (Lipinski definition) is 2. The van der Waals surface area contributed by atoms with Crippen molar-refractivity contribution < 1.29 is 0 Å². The fraction of sp³-hybridized carbons (Fsp3) is 0. The highest BCUT2D eigenvalue weighted by molar-refractivity contribution is 7.25. The molecule has 4 aromatic rings. The third-order valence-electron chi connectivity index (χ3n) is 3.15. The van der Waals surface area contributed by atoms with Crippen molar-refractivity contribution in [1.82, 2.24) is 19.9 Å². The van der Waals surface area contributed by atoms with Crippen LogP contribution in [0.25, 0.3) is 31.8 Å². The number of fused-ring (bicyclic) bond motifs is 3. The van der Waals surface area contributed by atoms with Crippen molar-refractivity contribution in [2.24, 2.45) is 0 Å². The van der Waals surface area contributed by atoms with Crippen molar-refractivity contribution in [3.05, 3.63) is 57.4 Å². The van der Waals surface area contributed by atoms with Crippen molar-refractivity contribution in [2.75, 3.05) is 0 Å². The van der Waals surface area contributed by atoms with E-state index in [0.29, 0.717) is 15.0 Å². The van der Waals surface area contributed by atoms with Gasteiger partial charge >= 0.3 is 5.69 Å². The average molecular weight is 296 g/mol. The van der Waals surface area contributed by atoms with E-state index in [1.54, 1.807) is 6.20 Å². The molecule has 0 atom stereocenters. The molecule has 0 aliphatic carbocycles. The first-order chi connectivity index (χ1) is 10.2. The van der Waals surface area contributed by atoms with Crippen molar-refractivity contribution in [3.8, 4) is 11.4 Å². The molecular formula is C14H8N4O2S. The monoisotopic (exact) mass is 296 g/mol. The van der Waals surface area contributed by atoms with E-state index in [0.717, 1.165) is 16.8 Å². The maximum Gasteiger partial charge on any atom is 0.326 e. The molecule has 0 unspecified atom stereocenters. The summed E-state index contributed by atoms with van der Waals surface area (Å²) in [5, 5.41) is 0.762. The van der Waals surface area contributed by atoms with Crippen molar-refractivity contribution >= 4 is 31.8 Å². The van der Waals surface area contributed by atoms with Crippen molar-refractivity contribution in [3.63, 3.8) is 0 Å². The molecule has 0 saturated heterocycles. The molecule has 0 fully saturated rings. The van der Waals surface area contributed by atoms with E-state index in [1.165, 1.54) is 11.3 Å². The molecule has 4 heterocycles. The Balaban J connectivity index is 2.06. The second-order valence-corrected chi connectivity index (χ2v) is 5.48. The molecule has 0 aliphatic heterocycles. The van der Waals surface area contributed by atoms with E-state index in [4.69, 9.17) is 0 Å². The van der Waals surface area contributed by atoms with Crippen LogP contribution in [-0.4, -0.2) is 19.9 Å². The second-order valence-electron chi connectivity index (χ2n) is 4.48. The molecule has 102 valence electrons.